The molecule has 0 aromatic carbocycles. The number of carboxylic acid groups (broad SMARTS) is 1. The molecule has 1 aliphatic carbocycles. The second-order valence-electron chi connectivity index (χ2n) is 4.69. The second-order valence-corrected chi connectivity index (χ2v) is 6.54. The van der Waals surface area contributed by atoms with Crippen LogP contribution in [0.3, 0.4) is 0 Å². The van der Waals surface area contributed by atoms with Crippen LogP contribution in [0.25, 0.3) is 0 Å². The fourth-order valence-corrected chi connectivity index (χ4v) is 3.23. The molecule has 1 aliphatic rings. The lowest BCUT2D eigenvalue weighted by atomic mass is 9.81. The van der Waals surface area contributed by atoms with Gasteiger partial charge in [0, 0.05) is 0 Å². The van der Waals surface area contributed by atoms with E-state index in [1.54, 1.807) is 0 Å². The predicted molar refractivity (Wildman–Crippen MR) is 53.1 cm³/mol. The first-order chi connectivity index (χ1) is 10.7. The second kappa shape index (κ2) is 5.08. The number of hydrogen-bond acceptors (Lipinski definition) is 3. The quantitative estimate of drug-likeness (QED) is 0.682. The molecule has 0 aromatic rings. The van der Waals surface area contributed by atoms with E-state index >= 15 is 0 Å². The van der Waals surface area contributed by atoms with Gasteiger partial charge in [-0.15, -0.1) is 0 Å². The minimum Gasteiger partial charge on any atom is -0.480 e. The van der Waals surface area contributed by atoms with E-state index in [0.29, 0.717) is 0 Å². The highest BCUT2D eigenvalue weighted by atomic mass is 32.2. The molecule has 0 bridgehead atoms. The summed E-state index contributed by atoms with van der Waals surface area (Å²) < 4.78 is 168. The van der Waals surface area contributed by atoms with E-state index < -0.39 is 57.2 Å². The summed E-state index contributed by atoms with van der Waals surface area (Å²) >= 11 is 0. The highest BCUT2D eigenvalue weighted by Crippen LogP contribution is 2.70. The van der Waals surface area contributed by atoms with Crippen LogP contribution < -0.4 is 4.72 Å². The largest absolute Gasteiger partial charge is 0.480 e. The maximum Gasteiger partial charge on any atom is 0.384 e. The number of carbonyl (C=O) groups is 1. The number of sulfonamides is 1. The summed E-state index contributed by atoms with van der Waals surface area (Å²) in [6, 6.07) is 0. The molecule has 2 N–H and O–H groups in total. The molecule has 0 unspecified atom stereocenters. The van der Waals surface area contributed by atoms with Crippen LogP contribution in [0.2, 0.25) is 0 Å². The van der Waals surface area contributed by atoms with Crippen LogP contribution in [0.15, 0.2) is 0 Å². The Bertz CT molecular complexity index is 658. The molecular formula is C8H4F11NO4S. The summed E-state index contributed by atoms with van der Waals surface area (Å²) in [6.07, 6.45) is 0. The van der Waals surface area contributed by atoms with Crippen molar-refractivity contribution >= 4 is 16.0 Å². The summed E-state index contributed by atoms with van der Waals surface area (Å²) in [4.78, 5) is 10.1. The lowest BCUT2D eigenvalue weighted by molar-refractivity contribution is -0.470. The Balaban J connectivity index is 3.87. The van der Waals surface area contributed by atoms with Crippen molar-refractivity contribution in [1.29, 1.82) is 0 Å². The molecule has 1 rings (SSSR count). The number of halogens is 11. The fourth-order valence-electron chi connectivity index (χ4n) is 1.79. The molecular weight excluding hydrogens is 415 g/mol. The van der Waals surface area contributed by atoms with Crippen molar-refractivity contribution in [2.75, 3.05) is 6.54 Å². The molecule has 0 spiro atoms. The van der Waals surface area contributed by atoms with Crippen molar-refractivity contribution in [2.24, 2.45) is 0 Å². The van der Waals surface area contributed by atoms with E-state index in [1.165, 1.54) is 0 Å². The van der Waals surface area contributed by atoms with Gasteiger partial charge in [-0.1, -0.05) is 0 Å². The number of hydrogen-bond donors (Lipinski definition) is 2. The van der Waals surface area contributed by atoms with E-state index in [9.17, 15) is 61.5 Å². The molecule has 1 saturated carbocycles. The molecule has 0 radical (unpaired) electrons. The van der Waals surface area contributed by atoms with Crippen LogP contribution in [0.5, 0.6) is 0 Å². The Morgan fingerprint density at radius 2 is 1.00 bits per heavy atom. The number of aliphatic carboxylic acids is 1. The molecule has 148 valence electrons. The molecule has 1 fully saturated rings. The Labute approximate surface area is 129 Å². The maximum absolute atomic E-state index is 14.1. The lowest BCUT2D eigenvalue weighted by Gasteiger charge is -2.51. The molecule has 25 heavy (non-hydrogen) atoms. The van der Waals surface area contributed by atoms with Crippen molar-refractivity contribution in [3.63, 3.8) is 0 Å². The summed E-state index contributed by atoms with van der Waals surface area (Å²) in [7, 11) is -7.38. The van der Waals surface area contributed by atoms with Crippen molar-refractivity contribution in [2.45, 2.75) is 34.6 Å². The first-order valence-corrected chi connectivity index (χ1v) is 6.94. The van der Waals surface area contributed by atoms with Gasteiger partial charge in [0.25, 0.3) is 10.0 Å². The third-order valence-corrected chi connectivity index (χ3v) is 4.95. The van der Waals surface area contributed by atoms with Gasteiger partial charge in [0.1, 0.15) is 6.54 Å². The van der Waals surface area contributed by atoms with E-state index in [4.69, 9.17) is 5.11 Å². The van der Waals surface area contributed by atoms with Crippen LogP contribution >= 0.6 is 0 Å². The highest BCUT2D eigenvalue weighted by Gasteiger charge is 3.04. The van der Waals surface area contributed by atoms with Crippen LogP contribution in [0.1, 0.15) is 0 Å². The van der Waals surface area contributed by atoms with E-state index in [2.05, 4.69) is 0 Å². The van der Waals surface area contributed by atoms with E-state index in [0.717, 1.165) is 0 Å². The van der Waals surface area contributed by atoms with Gasteiger partial charge in [-0.05, 0) is 0 Å². The normalized spacial score (nSPS) is 28.3. The molecule has 0 saturated heterocycles. The standard InChI is InChI=1S/C8H4F11NO4S/c9-3(10)4(11,12)6(15,16)8(19,7(17,18)5(3,13)14)25(23,24)20-1-2(21)22/h20H,1H2,(H,21,22). The molecule has 17 heteroatoms. The monoisotopic (exact) mass is 419 g/mol. The summed E-state index contributed by atoms with van der Waals surface area (Å²) in [5.74, 6) is -40.3. The Morgan fingerprint density at radius 1 is 0.720 bits per heavy atom. The van der Waals surface area contributed by atoms with Gasteiger partial charge in [-0.25, -0.2) is 17.5 Å². The predicted octanol–water partition coefficient (Wildman–Crippen LogP) is 1.85. The minimum atomic E-state index is -7.60. The third-order valence-electron chi connectivity index (χ3n) is 3.17. The minimum absolute atomic E-state index is 0.109. The van der Waals surface area contributed by atoms with E-state index in [-0.39, 0.29) is 4.72 Å². The lowest BCUT2D eigenvalue weighted by Crippen LogP contribution is -2.86. The fraction of sp³-hybridized carbons (Fsp3) is 0.875. The number of carboxylic acids is 1. The zero-order valence-electron chi connectivity index (χ0n) is 10.9. The van der Waals surface area contributed by atoms with Crippen molar-refractivity contribution < 1.29 is 66.6 Å². The molecule has 0 heterocycles. The van der Waals surface area contributed by atoms with Crippen LogP contribution in [0.4, 0.5) is 48.3 Å². The summed E-state index contributed by atoms with van der Waals surface area (Å²) in [5, 5.41) is 0.745. The zero-order chi connectivity index (χ0) is 20.5. The van der Waals surface area contributed by atoms with Gasteiger partial charge < -0.3 is 5.11 Å². The highest BCUT2D eigenvalue weighted by molar-refractivity contribution is 7.90. The van der Waals surface area contributed by atoms with Crippen molar-refractivity contribution in [3.8, 4) is 0 Å². The SMILES string of the molecule is O=C(O)CNS(=O)(=O)C1(F)C(F)(F)C(F)(F)C(F)(F)C(F)(F)C1(F)F. The van der Waals surface area contributed by atoms with Gasteiger partial charge in [-0.2, -0.15) is 43.9 Å². The topological polar surface area (TPSA) is 83.5 Å². The van der Waals surface area contributed by atoms with Gasteiger partial charge in [0.2, 0.25) is 0 Å². The first-order valence-electron chi connectivity index (χ1n) is 5.46. The maximum atomic E-state index is 14.1. The van der Waals surface area contributed by atoms with Gasteiger partial charge in [-0.3, -0.25) is 4.79 Å². The average molecular weight is 419 g/mol. The average Bonchev–Trinajstić information content (AvgIpc) is 2.41. The van der Waals surface area contributed by atoms with Gasteiger partial charge in [0.05, 0.1) is 0 Å². The smallest absolute Gasteiger partial charge is 0.384 e. The van der Waals surface area contributed by atoms with Crippen molar-refractivity contribution in [1.82, 2.24) is 4.72 Å². The van der Waals surface area contributed by atoms with Gasteiger partial charge >= 0.3 is 40.6 Å². The van der Waals surface area contributed by atoms with Gasteiger partial charge in [0.15, 0.2) is 0 Å². The molecule has 0 aliphatic heterocycles. The van der Waals surface area contributed by atoms with Crippen LogP contribution in [-0.4, -0.2) is 60.7 Å². The Morgan fingerprint density at radius 3 is 1.28 bits per heavy atom. The Hall–Kier alpha value is -1.39. The number of nitrogens with one attached hydrogen (secondary N) is 1. The molecule has 0 amide bonds. The molecule has 0 atom stereocenters. The molecule has 0 aromatic heterocycles. The van der Waals surface area contributed by atoms with Crippen molar-refractivity contribution in [3.05, 3.63) is 0 Å². The summed E-state index contributed by atoms with van der Waals surface area (Å²) in [6.45, 7) is -2.19. The number of rotatable bonds is 4. The number of alkyl halides is 11. The van der Waals surface area contributed by atoms with Crippen LogP contribution in [-0.2, 0) is 14.8 Å². The zero-order valence-corrected chi connectivity index (χ0v) is 11.8. The third kappa shape index (κ3) is 2.10. The van der Waals surface area contributed by atoms with Crippen LogP contribution in [0, 0.1) is 0 Å². The molecule has 5 nitrogen and oxygen atoms in total. The van der Waals surface area contributed by atoms with E-state index in [1.807, 2.05) is 0 Å². The first kappa shape index (κ1) is 21.7. The summed E-state index contributed by atoms with van der Waals surface area (Å²) in [5.41, 5.74) is 0. The Kier molecular flexibility index (Phi) is 4.40.